The molecule has 3 rings (SSSR count). The van der Waals surface area contributed by atoms with E-state index in [1.165, 1.54) is 32.6 Å². The van der Waals surface area contributed by atoms with Crippen molar-refractivity contribution in [3.8, 4) is 0 Å². The average molecular weight is 522 g/mol. The van der Waals surface area contributed by atoms with Crippen LogP contribution in [0.5, 0.6) is 0 Å². The highest BCUT2D eigenvalue weighted by Crippen LogP contribution is 2.16. The molecule has 0 aromatic rings. The van der Waals surface area contributed by atoms with Crippen molar-refractivity contribution in [1.82, 2.24) is 24.9 Å². The Bertz CT molecular complexity index is 521. The largest absolute Gasteiger partial charge is 0.368 e. The molecular weight excluding hydrogens is 483 g/mol. The van der Waals surface area contributed by atoms with E-state index in [1.54, 1.807) is 0 Å². The highest BCUT2D eigenvalue weighted by molar-refractivity contribution is 14.0. The van der Waals surface area contributed by atoms with E-state index in [1.807, 2.05) is 11.9 Å². The monoisotopic (exact) mass is 522 g/mol. The van der Waals surface area contributed by atoms with Crippen molar-refractivity contribution in [2.45, 2.75) is 31.8 Å². The first-order chi connectivity index (χ1) is 13.7. The normalized spacial score (nSPS) is 24.9. The first-order valence-corrected chi connectivity index (χ1v) is 10.9. The first kappa shape index (κ1) is 24.6. The smallest absolute Gasteiger partial charge is 0.251 e. The number of nitrogens with one attached hydrogen (secondary N) is 1. The second-order valence-electron chi connectivity index (χ2n) is 8.14. The Morgan fingerprint density at radius 2 is 1.79 bits per heavy atom. The van der Waals surface area contributed by atoms with Crippen LogP contribution in [0.3, 0.4) is 0 Å². The molecule has 0 spiro atoms. The van der Waals surface area contributed by atoms with Crippen molar-refractivity contribution in [2.75, 3.05) is 86.1 Å². The quantitative estimate of drug-likeness (QED) is 0.246. The fourth-order valence-corrected chi connectivity index (χ4v) is 4.27. The summed E-state index contributed by atoms with van der Waals surface area (Å²) >= 11 is 0. The number of guanidine groups is 1. The van der Waals surface area contributed by atoms with Crippen molar-refractivity contribution < 1.29 is 9.53 Å². The number of hydrogen-bond donors (Lipinski definition) is 1. The van der Waals surface area contributed by atoms with Crippen LogP contribution in [0.1, 0.15) is 25.7 Å². The van der Waals surface area contributed by atoms with E-state index in [-0.39, 0.29) is 36.0 Å². The predicted molar refractivity (Wildman–Crippen MR) is 127 cm³/mol. The molecule has 1 atom stereocenters. The summed E-state index contributed by atoms with van der Waals surface area (Å²) in [7, 11) is 4.06. The van der Waals surface area contributed by atoms with E-state index < -0.39 is 0 Å². The van der Waals surface area contributed by atoms with E-state index in [4.69, 9.17) is 4.74 Å². The zero-order valence-corrected chi connectivity index (χ0v) is 20.5. The van der Waals surface area contributed by atoms with Gasteiger partial charge >= 0.3 is 0 Å². The highest BCUT2D eigenvalue weighted by atomic mass is 127. The van der Waals surface area contributed by atoms with Crippen LogP contribution in [-0.4, -0.2) is 124 Å². The van der Waals surface area contributed by atoms with Crippen LogP contribution in [-0.2, 0) is 9.53 Å². The Hall–Kier alpha value is -0.650. The van der Waals surface area contributed by atoms with Gasteiger partial charge in [-0.1, -0.05) is 0 Å². The van der Waals surface area contributed by atoms with Crippen LogP contribution in [0.2, 0.25) is 0 Å². The lowest BCUT2D eigenvalue weighted by atomic mass is 10.2. The molecule has 3 aliphatic heterocycles. The standard InChI is InChI=1S/C20H38N6O2.HI/c1-21-20(22-7-4-9-24-10-5-8-23(2)11-12-24)26-15-13-25(14-16-26)19(27)18-6-3-17-28-18;/h18H,3-17H2,1-2H3,(H,21,22);1H. The summed E-state index contributed by atoms with van der Waals surface area (Å²) in [5.74, 6) is 1.13. The van der Waals surface area contributed by atoms with Gasteiger partial charge in [-0.2, -0.15) is 0 Å². The van der Waals surface area contributed by atoms with Gasteiger partial charge in [0.05, 0.1) is 0 Å². The Morgan fingerprint density at radius 1 is 1.03 bits per heavy atom. The first-order valence-electron chi connectivity index (χ1n) is 10.9. The molecule has 0 bridgehead atoms. The van der Waals surface area contributed by atoms with Crippen LogP contribution < -0.4 is 5.32 Å². The molecule has 0 saturated carbocycles. The Morgan fingerprint density at radius 3 is 2.48 bits per heavy atom. The van der Waals surface area contributed by atoms with E-state index in [9.17, 15) is 4.79 Å². The molecule has 3 saturated heterocycles. The van der Waals surface area contributed by atoms with Crippen LogP contribution >= 0.6 is 24.0 Å². The second kappa shape index (κ2) is 12.9. The molecule has 3 heterocycles. The molecular formula is C20H39IN6O2. The molecule has 29 heavy (non-hydrogen) atoms. The van der Waals surface area contributed by atoms with Gasteiger partial charge in [-0.05, 0) is 52.4 Å². The Kier molecular flexibility index (Phi) is 11.0. The number of aliphatic imine (C=N–C) groups is 1. The third-order valence-electron chi connectivity index (χ3n) is 6.05. The number of nitrogens with zero attached hydrogens (tertiary/aromatic N) is 5. The number of amides is 1. The molecule has 3 aliphatic rings. The van der Waals surface area contributed by atoms with E-state index in [2.05, 4.69) is 32.1 Å². The lowest BCUT2D eigenvalue weighted by Gasteiger charge is -2.37. The molecule has 0 aromatic carbocycles. The van der Waals surface area contributed by atoms with Gasteiger partial charge in [-0.25, -0.2) is 0 Å². The molecule has 0 aromatic heterocycles. The summed E-state index contributed by atoms with van der Waals surface area (Å²) in [6, 6.07) is 0. The number of halogens is 1. The van der Waals surface area contributed by atoms with Gasteiger partial charge in [0.2, 0.25) is 0 Å². The SMILES string of the molecule is CN=C(NCCCN1CCCN(C)CC1)N1CCN(C(=O)C2CCCO2)CC1.I. The molecule has 9 heteroatoms. The average Bonchev–Trinajstić information content (AvgIpc) is 3.18. The molecule has 3 fully saturated rings. The number of ether oxygens (including phenoxy) is 1. The number of hydrogen-bond acceptors (Lipinski definition) is 5. The Labute approximate surface area is 193 Å². The number of rotatable bonds is 5. The molecule has 0 radical (unpaired) electrons. The lowest BCUT2D eigenvalue weighted by molar-refractivity contribution is -0.142. The maximum atomic E-state index is 12.5. The van der Waals surface area contributed by atoms with Crippen molar-refractivity contribution in [3.63, 3.8) is 0 Å². The molecule has 1 amide bonds. The van der Waals surface area contributed by atoms with E-state index in [0.29, 0.717) is 0 Å². The molecule has 168 valence electrons. The summed E-state index contributed by atoms with van der Waals surface area (Å²) in [6.45, 7) is 10.7. The van der Waals surface area contributed by atoms with Gasteiger partial charge in [0.1, 0.15) is 6.10 Å². The zero-order valence-electron chi connectivity index (χ0n) is 18.1. The summed E-state index contributed by atoms with van der Waals surface area (Å²) in [5.41, 5.74) is 0. The van der Waals surface area contributed by atoms with Gasteiger partial charge < -0.3 is 29.7 Å². The number of carbonyl (C=O) groups is 1. The summed E-state index contributed by atoms with van der Waals surface area (Å²) < 4.78 is 5.55. The van der Waals surface area contributed by atoms with Crippen molar-refractivity contribution in [2.24, 2.45) is 4.99 Å². The number of likely N-dealkylation sites (N-methyl/N-ethyl adjacent to an activating group) is 1. The van der Waals surface area contributed by atoms with Gasteiger partial charge in [0.15, 0.2) is 5.96 Å². The molecule has 8 nitrogen and oxygen atoms in total. The van der Waals surface area contributed by atoms with Crippen molar-refractivity contribution in [3.05, 3.63) is 0 Å². The van der Waals surface area contributed by atoms with Gasteiger partial charge in [0, 0.05) is 59.5 Å². The third-order valence-corrected chi connectivity index (χ3v) is 6.05. The third kappa shape index (κ3) is 7.52. The summed E-state index contributed by atoms with van der Waals surface area (Å²) in [5, 5.41) is 3.51. The fourth-order valence-electron chi connectivity index (χ4n) is 4.27. The topological polar surface area (TPSA) is 63.7 Å². The van der Waals surface area contributed by atoms with Crippen molar-refractivity contribution >= 4 is 35.8 Å². The molecule has 1 N–H and O–H groups in total. The summed E-state index contributed by atoms with van der Waals surface area (Å²) in [4.78, 5) is 26.1. The van der Waals surface area contributed by atoms with Gasteiger partial charge in [-0.15, -0.1) is 24.0 Å². The van der Waals surface area contributed by atoms with Crippen LogP contribution in [0.15, 0.2) is 4.99 Å². The Balaban J connectivity index is 0.00000300. The maximum Gasteiger partial charge on any atom is 0.251 e. The van der Waals surface area contributed by atoms with Crippen LogP contribution in [0.25, 0.3) is 0 Å². The molecule has 1 unspecified atom stereocenters. The minimum Gasteiger partial charge on any atom is -0.368 e. The summed E-state index contributed by atoms with van der Waals surface area (Å²) in [6.07, 6.45) is 4.06. The van der Waals surface area contributed by atoms with Gasteiger partial charge in [0.25, 0.3) is 5.91 Å². The van der Waals surface area contributed by atoms with Crippen LogP contribution in [0, 0.1) is 0 Å². The number of carbonyl (C=O) groups excluding carboxylic acids is 1. The predicted octanol–water partition coefficient (Wildman–Crippen LogP) is 0.531. The van der Waals surface area contributed by atoms with Gasteiger partial charge in [-0.3, -0.25) is 9.79 Å². The maximum absolute atomic E-state index is 12.5. The van der Waals surface area contributed by atoms with E-state index in [0.717, 1.165) is 71.1 Å². The van der Waals surface area contributed by atoms with E-state index >= 15 is 0 Å². The zero-order chi connectivity index (χ0) is 19.8. The minimum atomic E-state index is -0.206. The number of piperazine rings is 1. The minimum absolute atomic E-state index is 0. The molecule has 0 aliphatic carbocycles. The lowest BCUT2D eigenvalue weighted by Crippen LogP contribution is -2.55. The van der Waals surface area contributed by atoms with Crippen LogP contribution in [0.4, 0.5) is 0 Å². The fraction of sp³-hybridized carbons (Fsp3) is 0.900. The van der Waals surface area contributed by atoms with Crippen molar-refractivity contribution in [1.29, 1.82) is 0 Å². The second-order valence-corrected chi connectivity index (χ2v) is 8.14. The highest BCUT2D eigenvalue weighted by Gasteiger charge is 2.30.